The van der Waals surface area contributed by atoms with Crippen molar-refractivity contribution in [1.29, 1.82) is 0 Å². The van der Waals surface area contributed by atoms with E-state index >= 15 is 0 Å². The lowest BCUT2D eigenvalue weighted by Crippen LogP contribution is -2.50. The zero-order valence-electron chi connectivity index (χ0n) is 15.3. The predicted molar refractivity (Wildman–Crippen MR) is 98.8 cm³/mol. The molecule has 0 bridgehead atoms. The molecule has 0 unspecified atom stereocenters. The molecular weight excluding hydrogens is 302 g/mol. The first-order chi connectivity index (χ1) is 10.7. The van der Waals surface area contributed by atoms with Crippen LogP contribution in [0.15, 0.2) is 30.3 Å². The van der Waals surface area contributed by atoms with Gasteiger partial charge >= 0.3 is 0 Å². The highest BCUT2D eigenvalue weighted by molar-refractivity contribution is 6.74. The molecule has 1 saturated carbocycles. The van der Waals surface area contributed by atoms with Crippen molar-refractivity contribution in [3.05, 3.63) is 30.3 Å². The van der Waals surface area contributed by atoms with Crippen LogP contribution in [0.4, 0.5) is 5.69 Å². The standard InChI is InChI=1S/C19H31NO2Si/c1-19(2,3)23(4,5)22-20(17-14-10-7-11-15-17)18(21)16-12-8-6-9-13-16/h7,10-11,14-16H,6,8-9,12-13H2,1-5H3. The fraction of sp³-hybridized carbons (Fsp3) is 0.632. The van der Waals surface area contributed by atoms with Crippen LogP contribution in [0.5, 0.6) is 0 Å². The summed E-state index contributed by atoms with van der Waals surface area (Å²) in [4.78, 5) is 13.1. The topological polar surface area (TPSA) is 29.5 Å². The van der Waals surface area contributed by atoms with Crippen LogP contribution in [0.1, 0.15) is 52.9 Å². The number of benzene rings is 1. The maximum Gasteiger partial charge on any atom is 0.253 e. The highest BCUT2D eigenvalue weighted by Gasteiger charge is 2.42. The molecule has 1 aliphatic rings. The third kappa shape index (κ3) is 4.45. The van der Waals surface area contributed by atoms with Crippen molar-refractivity contribution < 1.29 is 9.32 Å². The first kappa shape index (κ1) is 18.2. The maximum absolute atomic E-state index is 13.1. The summed E-state index contributed by atoms with van der Waals surface area (Å²) in [6.07, 6.45) is 5.53. The second-order valence-electron chi connectivity index (χ2n) is 8.15. The van der Waals surface area contributed by atoms with Crippen LogP contribution in [-0.2, 0) is 9.32 Å². The van der Waals surface area contributed by atoms with Crippen LogP contribution in [-0.4, -0.2) is 14.2 Å². The average Bonchev–Trinajstić information content (AvgIpc) is 2.52. The number of amides is 1. The summed E-state index contributed by atoms with van der Waals surface area (Å²) in [5.74, 6) is 0.245. The maximum atomic E-state index is 13.1. The molecule has 0 heterocycles. The van der Waals surface area contributed by atoms with Gasteiger partial charge in [0.15, 0.2) is 0 Å². The average molecular weight is 334 g/mol. The monoisotopic (exact) mass is 333 g/mol. The van der Waals surface area contributed by atoms with E-state index in [0.717, 1.165) is 31.4 Å². The van der Waals surface area contributed by atoms with E-state index < -0.39 is 8.32 Å². The van der Waals surface area contributed by atoms with Gasteiger partial charge in [-0.1, -0.05) is 58.2 Å². The van der Waals surface area contributed by atoms with Gasteiger partial charge in [-0.3, -0.25) is 4.79 Å². The van der Waals surface area contributed by atoms with Crippen LogP contribution in [0.2, 0.25) is 18.1 Å². The molecule has 1 aliphatic carbocycles. The molecule has 1 aromatic carbocycles. The van der Waals surface area contributed by atoms with Crippen LogP contribution in [0.25, 0.3) is 0 Å². The third-order valence-electron chi connectivity index (χ3n) is 5.27. The number of carbonyl (C=O) groups excluding carboxylic acids is 1. The number of hydrogen-bond donors (Lipinski definition) is 0. The summed E-state index contributed by atoms with van der Waals surface area (Å²) in [5.41, 5.74) is 0.855. The van der Waals surface area contributed by atoms with Gasteiger partial charge in [-0.05, 0) is 43.1 Å². The summed E-state index contributed by atoms with van der Waals surface area (Å²) in [6.45, 7) is 11.0. The van der Waals surface area contributed by atoms with Crippen molar-refractivity contribution in [2.45, 2.75) is 71.0 Å². The van der Waals surface area contributed by atoms with Gasteiger partial charge in [-0.25, -0.2) is 0 Å². The lowest BCUT2D eigenvalue weighted by molar-refractivity contribution is -0.128. The molecule has 23 heavy (non-hydrogen) atoms. The predicted octanol–water partition coefficient (Wildman–Crippen LogP) is 5.54. The lowest BCUT2D eigenvalue weighted by atomic mass is 9.88. The molecule has 0 atom stereocenters. The second kappa shape index (κ2) is 7.18. The Balaban J connectivity index is 2.27. The van der Waals surface area contributed by atoms with Crippen molar-refractivity contribution in [3.8, 4) is 0 Å². The van der Waals surface area contributed by atoms with E-state index in [-0.39, 0.29) is 16.9 Å². The zero-order chi connectivity index (χ0) is 17.1. The molecule has 2 rings (SSSR count). The van der Waals surface area contributed by atoms with E-state index in [4.69, 9.17) is 4.53 Å². The number of nitrogens with zero attached hydrogens (tertiary/aromatic N) is 1. The largest absolute Gasteiger partial charge is 0.312 e. The van der Waals surface area contributed by atoms with Crippen molar-refractivity contribution in [2.24, 2.45) is 5.92 Å². The number of hydrogen-bond acceptors (Lipinski definition) is 2. The van der Waals surface area contributed by atoms with E-state index in [1.165, 1.54) is 6.42 Å². The Hall–Kier alpha value is -1.13. The smallest absolute Gasteiger partial charge is 0.253 e. The molecule has 0 saturated heterocycles. The molecule has 3 nitrogen and oxygen atoms in total. The van der Waals surface area contributed by atoms with Gasteiger partial charge in [-0.15, -0.1) is 0 Å². The number of hydroxylamine groups is 1. The summed E-state index contributed by atoms with van der Waals surface area (Å²) < 4.78 is 6.43. The minimum Gasteiger partial charge on any atom is -0.312 e. The van der Waals surface area contributed by atoms with E-state index in [9.17, 15) is 4.79 Å². The first-order valence-corrected chi connectivity index (χ1v) is 11.7. The number of rotatable bonds is 4. The molecule has 1 amide bonds. The van der Waals surface area contributed by atoms with Crippen LogP contribution in [0.3, 0.4) is 0 Å². The van der Waals surface area contributed by atoms with Gasteiger partial charge in [0.1, 0.15) is 0 Å². The SMILES string of the molecule is CC(C)(C)[Si](C)(C)ON(C(=O)C1CCCCC1)c1ccccc1. The quantitative estimate of drug-likeness (QED) is 0.535. The van der Waals surface area contributed by atoms with Crippen molar-refractivity contribution in [2.75, 3.05) is 5.06 Å². The van der Waals surface area contributed by atoms with Crippen molar-refractivity contribution >= 4 is 19.9 Å². The molecule has 1 fully saturated rings. The molecule has 128 valence electrons. The molecule has 0 spiro atoms. The Bertz CT molecular complexity index is 516. The Morgan fingerprint density at radius 3 is 2.17 bits per heavy atom. The summed E-state index contributed by atoms with van der Waals surface area (Å²) in [7, 11) is -2.07. The van der Waals surface area contributed by atoms with Crippen molar-refractivity contribution in [1.82, 2.24) is 0 Å². The highest BCUT2D eigenvalue weighted by atomic mass is 28.4. The van der Waals surface area contributed by atoms with E-state index in [1.54, 1.807) is 5.06 Å². The summed E-state index contributed by atoms with van der Waals surface area (Å²) in [5, 5.41) is 1.68. The van der Waals surface area contributed by atoms with Gasteiger partial charge in [0, 0.05) is 5.92 Å². The molecule has 0 aromatic heterocycles. The lowest BCUT2D eigenvalue weighted by Gasteiger charge is -2.40. The molecule has 4 heteroatoms. The van der Waals surface area contributed by atoms with Gasteiger partial charge in [0.25, 0.3) is 5.91 Å². The Kier molecular flexibility index (Phi) is 5.68. The van der Waals surface area contributed by atoms with Gasteiger partial charge in [0.05, 0.1) is 5.69 Å². The fourth-order valence-corrected chi connectivity index (χ4v) is 3.59. The Morgan fingerprint density at radius 2 is 1.65 bits per heavy atom. The normalized spacial score (nSPS) is 17.1. The number of carbonyl (C=O) groups is 1. The highest BCUT2D eigenvalue weighted by Crippen LogP contribution is 2.39. The molecular formula is C19H31NO2Si. The van der Waals surface area contributed by atoms with Gasteiger partial charge in [-0.2, -0.15) is 5.06 Å². The Labute approximate surface area is 142 Å². The number of anilines is 1. The molecule has 0 N–H and O–H groups in total. The number of para-hydroxylation sites is 1. The van der Waals surface area contributed by atoms with E-state index in [1.807, 2.05) is 30.3 Å². The van der Waals surface area contributed by atoms with E-state index in [2.05, 4.69) is 33.9 Å². The third-order valence-corrected chi connectivity index (χ3v) is 9.52. The van der Waals surface area contributed by atoms with Crippen molar-refractivity contribution in [3.63, 3.8) is 0 Å². The van der Waals surface area contributed by atoms with Gasteiger partial charge in [0.2, 0.25) is 8.32 Å². The summed E-state index contributed by atoms with van der Waals surface area (Å²) >= 11 is 0. The minimum absolute atomic E-state index is 0.0624. The fourth-order valence-electron chi connectivity index (χ4n) is 2.67. The molecule has 0 radical (unpaired) electrons. The second-order valence-corrected chi connectivity index (χ2v) is 12.9. The first-order valence-electron chi connectivity index (χ1n) is 8.80. The Morgan fingerprint density at radius 1 is 1.09 bits per heavy atom. The zero-order valence-corrected chi connectivity index (χ0v) is 16.3. The summed E-state index contributed by atoms with van der Waals surface area (Å²) in [6, 6.07) is 9.83. The minimum atomic E-state index is -2.07. The molecule has 0 aliphatic heterocycles. The van der Waals surface area contributed by atoms with E-state index in [0.29, 0.717) is 0 Å². The molecule has 1 aromatic rings. The van der Waals surface area contributed by atoms with Crippen LogP contribution >= 0.6 is 0 Å². The van der Waals surface area contributed by atoms with Gasteiger partial charge < -0.3 is 4.53 Å². The van der Waals surface area contributed by atoms with Crippen LogP contribution < -0.4 is 5.06 Å². The van der Waals surface area contributed by atoms with Crippen LogP contribution in [0, 0.1) is 5.92 Å².